The fraction of sp³-hybridized carbons (Fsp3) is 0.0769. The molecule has 0 fully saturated rings. The van der Waals surface area contributed by atoms with Crippen LogP contribution in [-0.4, -0.2) is 8.42 Å². The molecule has 0 amide bonds. The van der Waals surface area contributed by atoms with Crippen LogP contribution in [0.1, 0.15) is 5.56 Å². The van der Waals surface area contributed by atoms with Crippen LogP contribution in [0.3, 0.4) is 0 Å². The highest BCUT2D eigenvalue weighted by atomic mass is 35.5. The maximum atomic E-state index is 13.3. The van der Waals surface area contributed by atoms with Gasteiger partial charge in [-0.25, -0.2) is 17.2 Å². The molecule has 0 aromatic heterocycles. The smallest absolute Gasteiger partial charge is 0.262 e. The van der Waals surface area contributed by atoms with Crippen molar-refractivity contribution in [1.29, 1.82) is 0 Å². The van der Waals surface area contributed by atoms with Crippen LogP contribution in [0.4, 0.5) is 20.2 Å². The quantitative estimate of drug-likeness (QED) is 0.847. The second-order valence-corrected chi connectivity index (χ2v) is 6.43. The minimum Gasteiger partial charge on any atom is -0.396 e. The molecule has 0 saturated carbocycles. The third-order valence-corrected chi connectivity index (χ3v) is 4.59. The van der Waals surface area contributed by atoms with E-state index in [9.17, 15) is 17.2 Å². The molecule has 0 bridgehead atoms. The summed E-state index contributed by atoms with van der Waals surface area (Å²) in [6.45, 7) is 1.43. The normalized spacial score (nSPS) is 11.4. The molecule has 0 atom stereocenters. The van der Waals surface area contributed by atoms with E-state index in [4.69, 9.17) is 17.3 Å². The van der Waals surface area contributed by atoms with Gasteiger partial charge in [0.2, 0.25) is 0 Å². The minimum absolute atomic E-state index is 0.000744. The highest BCUT2D eigenvalue weighted by molar-refractivity contribution is 7.92. The SMILES string of the molecule is Cc1cc(F)c(N)cc1S(=O)(=O)Nc1ccc(Cl)c(F)c1. The maximum absolute atomic E-state index is 13.3. The Kier molecular flexibility index (Phi) is 4.06. The number of sulfonamides is 1. The predicted octanol–water partition coefficient (Wildman–Crippen LogP) is 3.31. The molecule has 8 heteroatoms. The van der Waals surface area contributed by atoms with Crippen LogP contribution in [0.2, 0.25) is 5.02 Å². The van der Waals surface area contributed by atoms with Crippen molar-refractivity contribution in [2.45, 2.75) is 11.8 Å². The Bertz CT molecular complexity index is 810. The van der Waals surface area contributed by atoms with Crippen LogP contribution >= 0.6 is 11.6 Å². The number of nitrogens with two attached hydrogens (primary N) is 1. The molecule has 112 valence electrons. The van der Waals surface area contributed by atoms with Crippen LogP contribution in [-0.2, 0) is 10.0 Å². The van der Waals surface area contributed by atoms with Crippen molar-refractivity contribution in [2.75, 3.05) is 10.5 Å². The minimum atomic E-state index is -4.02. The fourth-order valence-corrected chi connectivity index (χ4v) is 3.16. The Balaban J connectivity index is 2.43. The lowest BCUT2D eigenvalue weighted by atomic mass is 10.2. The summed E-state index contributed by atoms with van der Waals surface area (Å²) in [5.74, 6) is -1.46. The van der Waals surface area contributed by atoms with Crippen LogP contribution < -0.4 is 10.5 Å². The number of nitrogen functional groups attached to an aromatic ring is 1. The van der Waals surface area contributed by atoms with Gasteiger partial charge in [-0.2, -0.15) is 0 Å². The molecule has 0 unspecified atom stereocenters. The van der Waals surface area contributed by atoms with E-state index < -0.39 is 21.7 Å². The lowest BCUT2D eigenvalue weighted by Crippen LogP contribution is -2.15. The van der Waals surface area contributed by atoms with Crippen LogP contribution in [0.25, 0.3) is 0 Å². The van der Waals surface area contributed by atoms with Gasteiger partial charge >= 0.3 is 0 Å². The first-order valence-corrected chi connectivity index (χ1v) is 7.60. The van der Waals surface area contributed by atoms with Crippen molar-refractivity contribution < 1.29 is 17.2 Å². The first kappa shape index (κ1) is 15.5. The van der Waals surface area contributed by atoms with Gasteiger partial charge in [-0.15, -0.1) is 0 Å². The first-order valence-electron chi connectivity index (χ1n) is 5.74. The fourth-order valence-electron chi connectivity index (χ4n) is 1.73. The summed E-state index contributed by atoms with van der Waals surface area (Å²) in [4.78, 5) is -0.184. The van der Waals surface area contributed by atoms with Crippen molar-refractivity contribution in [1.82, 2.24) is 0 Å². The Hall–Kier alpha value is -1.86. The summed E-state index contributed by atoms with van der Waals surface area (Å²) >= 11 is 5.52. The zero-order valence-electron chi connectivity index (χ0n) is 10.8. The molecule has 3 N–H and O–H groups in total. The van der Waals surface area contributed by atoms with Gasteiger partial charge in [-0.3, -0.25) is 4.72 Å². The first-order chi connectivity index (χ1) is 9.70. The maximum Gasteiger partial charge on any atom is 0.262 e. The van der Waals surface area contributed by atoms with Crippen LogP contribution in [0.15, 0.2) is 35.2 Å². The standard InChI is InChI=1S/C13H11ClF2N2O2S/c1-7-4-11(16)12(17)6-13(7)21(19,20)18-8-2-3-9(14)10(15)5-8/h2-6,18H,17H2,1H3. The summed E-state index contributed by atoms with van der Waals surface area (Å²) in [7, 11) is -4.02. The molecule has 0 heterocycles. The third-order valence-electron chi connectivity index (χ3n) is 2.76. The molecule has 21 heavy (non-hydrogen) atoms. The van der Waals surface area contributed by atoms with E-state index in [0.717, 1.165) is 18.2 Å². The van der Waals surface area contributed by atoms with Gasteiger partial charge in [-0.1, -0.05) is 11.6 Å². The summed E-state index contributed by atoms with van der Waals surface area (Å²) in [5.41, 5.74) is 5.27. The number of hydrogen-bond acceptors (Lipinski definition) is 3. The van der Waals surface area contributed by atoms with Gasteiger partial charge < -0.3 is 5.73 Å². The molecule has 2 aromatic carbocycles. The van der Waals surface area contributed by atoms with Gasteiger partial charge in [0.15, 0.2) is 0 Å². The van der Waals surface area contributed by atoms with Gasteiger partial charge in [0.05, 0.1) is 21.3 Å². The van der Waals surface area contributed by atoms with E-state index in [1.807, 2.05) is 0 Å². The van der Waals surface area contributed by atoms with E-state index in [1.165, 1.54) is 19.1 Å². The van der Waals surface area contributed by atoms with E-state index >= 15 is 0 Å². The zero-order valence-corrected chi connectivity index (χ0v) is 12.4. The number of anilines is 2. The van der Waals surface area contributed by atoms with Gasteiger partial charge in [0.1, 0.15) is 11.6 Å². The van der Waals surface area contributed by atoms with Crippen molar-refractivity contribution in [3.05, 3.63) is 52.6 Å². The number of hydrogen-bond donors (Lipinski definition) is 2. The summed E-state index contributed by atoms with van der Waals surface area (Å²) in [6, 6.07) is 5.51. The monoisotopic (exact) mass is 332 g/mol. The molecule has 2 rings (SSSR count). The van der Waals surface area contributed by atoms with Gasteiger partial charge in [0.25, 0.3) is 10.0 Å². The molecule has 0 aliphatic heterocycles. The average molecular weight is 333 g/mol. The highest BCUT2D eigenvalue weighted by Crippen LogP contribution is 2.25. The zero-order chi connectivity index (χ0) is 15.8. The van der Waals surface area contributed by atoms with Gasteiger partial charge in [-0.05, 0) is 42.8 Å². The van der Waals surface area contributed by atoms with E-state index in [-0.39, 0.29) is 26.9 Å². The van der Waals surface area contributed by atoms with Gasteiger partial charge in [0, 0.05) is 0 Å². The second-order valence-electron chi connectivity index (χ2n) is 4.37. The Morgan fingerprint density at radius 1 is 1.14 bits per heavy atom. The highest BCUT2D eigenvalue weighted by Gasteiger charge is 2.19. The van der Waals surface area contributed by atoms with E-state index in [1.54, 1.807) is 0 Å². The Labute approximate surface area is 125 Å². The van der Waals surface area contributed by atoms with Crippen LogP contribution in [0.5, 0.6) is 0 Å². The molecule has 2 aromatic rings. The van der Waals surface area contributed by atoms with Crippen LogP contribution in [0, 0.1) is 18.6 Å². The van der Waals surface area contributed by atoms with E-state index in [0.29, 0.717) is 0 Å². The Morgan fingerprint density at radius 3 is 2.43 bits per heavy atom. The molecular weight excluding hydrogens is 322 g/mol. The molecule has 0 aliphatic carbocycles. The number of rotatable bonds is 3. The number of aryl methyl sites for hydroxylation is 1. The van der Waals surface area contributed by atoms with Crippen molar-refractivity contribution in [3.8, 4) is 0 Å². The lowest BCUT2D eigenvalue weighted by Gasteiger charge is -2.12. The number of nitrogens with one attached hydrogen (secondary N) is 1. The predicted molar refractivity (Wildman–Crippen MR) is 77.8 cm³/mol. The van der Waals surface area contributed by atoms with Crippen molar-refractivity contribution in [2.24, 2.45) is 0 Å². The lowest BCUT2D eigenvalue weighted by molar-refractivity contribution is 0.599. The summed E-state index contributed by atoms with van der Waals surface area (Å²) in [6.07, 6.45) is 0. The Morgan fingerprint density at radius 2 is 1.81 bits per heavy atom. The van der Waals surface area contributed by atoms with Crippen molar-refractivity contribution >= 4 is 33.0 Å². The molecule has 0 radical (unpaired) electrons. The molecule has 0 aliphatic rings. The molecule has 0 saturated heterocycles. The molecule has 0 spiro atoms. The number of halogens is 3. The van der Waals surface area contributed by atoms with E-state index in [2.05, 4.69) is 4.72 Å². The summed E-state index contributed by atoms with van der Waals surface area (Å²) in [5, 5.41) is -0.125. The second kappa shape index (κ2) is 5.50. The molecule has 4 nitrogen and oxygen atoms in total. The molecular formula is C13H11ClF2N2O2S. The third kappa shape index (κ3) is 3.25. The average Bonchev–Trinajstić information content (AvgIpc) is 2.37. The number of benzene rings is 2. The topological polar surface area (TPSA) is 72.2 Å². The van der Waals surface area contributed by atoms with Crippen molar-refractivity contribution in [3.63, 3.8) is 0 Å². The summed E-state index contributed by atoms with van der Waals surface area (Å²) < 4.78 is 53.2. The largest absolute Gasteiger partial charge is 0.396 e.